The van der Waals surface area contributed by atoms with Crippen LogP contribution in [0.4, 0.5) is 10.1 Å². The van der Waals surface area contributed by atoms with Crippen molar-refractivity contribution >= 4 is 17.4 Å². The maximum Gasteiger partial charge on any atom is 0.258 e. The number of carbonyl (C=O) groups is 2. The molecule has 1 amide bonds. The van der Waals surface area contributed by atoms with Crippen LogP contribution in [0.15, 0.2) is 48.5 Å². The lowest BCUT2D eigenvalue weighted by molar-refractivity contribution is 0.0954. The summed E-state index contributed by atoms with van der Waals surface area (Å²) in [6.07, 6.45) is 0.217. The Morgan fingerprint density at radius 2 is 1.85 bits per heavy atom. The maximum atomic E-state index is 13.3. The highest BCUT2D eigenvalue weighted by molar-refractivity contribution is 6.13. The molecule has 0 N–H and O–H groups in total. The van der Waals surface area contributed by atoms with Gasteiger partial charge >= 0.3 is 0 Å². The minimum atomic E-state index is -0.467. The number of Topliss-reactive ketones (excluding diaryl/α,β-unsaturated/α-hetero) is 1. The zero-order valence-electron chi connectivity index (χ0n) is 10.7. The minimum absolute atomic E-state index is 0.128. The molecule has 4 heteroatoms. The van der Waals surface area contributed by atoms with Crippen LogP contribution in [0.2, 0.25) is 0 Å². The number of halogens is 1. The van der Waals surface area contributed by atoms with Gasteiger partial charge in [-0.15, -0.1) is 0 Å². The molecule has 0 aromatic heterocycles. The Kier molecular flexibility index (Phi) is 3.06. The van der Waals surface area contributed by atoms with Gasteiger partial charge in [-0.25, -0.2) is 4.39 Å². The fourth-order valence-electron chi connectivity index (χ4n) is 2.38. The van der Waals surface area contributed by atoms with Crippen LogP contribution in [-0.4, -0.2) is 18.2 Å². The Hall–Kier alpha value is -2.49. The number of hydrogen-bond acceptors (Lipinski definition) is 2. The van der Waals surface area contributed by atoms with Crippen molar-refractivity contribution in [3.8, 4) is 0 Å². The maximum absolute atomic E-state index is 13.3. The fraction of sp³-hybridized carbons (Fsp3) is 0.125. The Labute approximate surface area is 115 Å². The number of amides is 1. The molecule has 1 aliphatic heterocycles. The van der Waals surface area contributed by atoms with Crippen LogP contribution < -0.4 is 4.90 Å². The van der Waals surface area contributed by atoms with Crippen molar-refractivity contribution in [2.24, 2.45) is 0 Å². The first kappa shape index (κ1) is 12.5. The van der Waals surface area contributed by atoms with Gasteiger partial charge in [0, 0.05) is 24.1 Å². The lowest BCUT2D eigenvalue weighted by Crippen LogP contribution is -2.37. The first-order valence-electron chi connectivity index (χ1n) is 6.36. The average molecular weight is 269 g/mol. The molecule has 20 heavy (non-hydrogen) atoms. The first-order chi connectivity index (χ1) is 9.66. The van der Waals surface area contributed by atoms with Gasteiger partial charge in [-0.3, -0.25) is 9.59 Å². The number of fused-ring (bicyclic) bond motifs is 1. The molecule has 2 aromatic rings. The molecule has 0 spiro atoms. The molecule has 0 radical (unpaired) electrons. The van der Waals surface area contributed by atoms with E-state index in [1.807, 2.05) is 6.07 Å². The van der Waals surface area contributed by atoms with Gasteiger partial charge in [-0.05, 0) is 30.3 Å². The lowest BCUT2D eigenvalue weighted by atomic mass is 9.99. The molecule has 0 fully saturated rings. The summed E-state index contributed by atoms with van der Waals surface area (Å²) in [7, 11) is 0. The van der Waals surface area contributed by atoms with Crippen molar-refractivity contribution in [3.05, 3.63) is 65.5 Å². The summed E-state index contributed by atoms with van der Waals surface area (Å²) in [6.45, 7) is 0.325. The third-order valence-corrected chi connectivity index (χ3v) is 3.38. The Balaban J connectivity index is 2.03. The Morgan fingerprint density at radius 3 is 2.60 bits per heavy atom. The molecule has 2 aromatic carbocycles. The molecular formula is C16H12FNO2. The van der Waals surface area contributed by atoms with Gasteiger partial charge in [0.25, 0.3) is 5.91 Å². The zero-order valence-corrected chi connectivity index (χ0v) is 10.7. The van der Waals surface area contributed by atoms with Crippen LogP contribution >= 0.6 is 0 Å². The van der Waals surface area contributed by atoms with Crippen LogP contribution in [0.3, 0.4) is 0 Å². The van der Waals surface area contributed by atoms with Crippen LogP contribution in [0.5, 0.6) is 0 Å². The van der Waals surface area contributed by atoms with Crippen molar-refractivity contribution in [3.63, 3.8) is 0 Å². The van der Waals surface area contributed by atoms with E-state index >= 15 is 0 Å². The van der Waals surface area contributed by atoms with Crippen LogP contribution in [-0.2, 0) is 0 Å². The van der Waals surface area contributed by atoms with E-state index in [9.17, 15) is 14.0 Å². The van der Waals surface area contributed by atoms with Gasteiger partial charge in [0.2, 0.25) is 0 Å². The molecule has 3 nitrogen and oxygen atoms in total. The summed E-state index contributed by atoms with van der Waals surface area (Å²) in [5.41, 5.74) is 1.31. The molecule has 0 aliphatic carbocycles. The summed E-state index contributed by atoms with van der Waals surface area (Å²) in [6, 6.07) is 12.8. The van der Waals surface area contributed by atoms with E-state index in [0.717, 1.165) is 0 Å². The van der Waals surface area contributed by atoms with Crippen molar-refractivity contribution in [1.29, 1.82) is 0 Å². The molecule has 100 valence electrons. The number of nitrogens with zero attached hydrogens (tertiary/aromatic N) is 1. The molecule has 0 atom stereocenters. The first-order valence-corrected chi connectivity index (χ1v) is 6.36. The third-order valence-electron chi connectivity index (χ3n) is 3.38. The van der Waals surface area contributed by atoms with Gasteiger partial charge < -0.3 is 4.90 Å². The average Bonchev–Trinajstić information content (AvgIpc) is 2.48. The van der Waals surface area contributed by atoms with Gasteiger partial charge in [0.05, 0.1) is 5.69 Å². The number of benzene rings is 2. The number of carbonyl (C=O) groups excluding carboxylic acids is 2. The summed E-state index contributed by atoms with van der Waals surface area (Å²) in [5, 5.41) is 0. The molecule has 0 saturated heterocycles. The zero-order chi connectivity index (χ0) is 14.1. The predicted molar refractivity (Wildman–Crippen MR) is 73.5 cm³/mol. The topological polar surface area (TPSA) is 37.4 Å². The summed E-state index contributed by atoms with van der Waals surface area (Å²) < 4.78 is 13.3. The standard InChI is InChI=1S/C16H12FNO2/c17-12-6-7-14-13(10-12)15(19)8-9-18(14)16(20)11-4-2-1-3-5-11/h1-7,10H,8-9H2. The van der Waals surface area contributed by atoms with E-state index in [0.29, 0.717) is 17.8 Å². The van der Waals surface area contributed by atoms with E-state index in [1.165, 1.54) is 23.1 Å². The number of ketones is 1. The fourth-order valence-corrected chi connectivity index (χ4v) is 2.38. The highest BCUT2D eigenvalue weighted by Gasteiger charge is 2.28. The van der Waals surface area contributed by atoms with Gasteiger partial charge in [0.1, 0.15) is 5.82 Å². The molecule has 1 heterocycles. The molecule has 3 rings (SSSR count). The second-order valence-corrected chi connectivity index (χ2v) is 4.66. The van der Waals surface area contributed by atoms with Gasteiger partial charge in [0.15, 0.2) is 5.78 Å². The number of hydrogen-bond donors (Lipinski definition) is 0. The second-order valence-electron chi connectivity index (χ2n) is 4.66. The van der Waals surface area contributed by atoms with E-state index in [2.05, 4.69) is 0 Å². The lowest BCUT2D eigenvalue weighted by Gasteiger charge is -2.28. The Bertz CT molecular complexity index is 682. The van der Waals surface area contributed by atoms with E-state index in [-0.39, 0.29) is 23.7 Å². The summed E-state index contributed by atoms with van der Waals surface area (Å²) in [5.74, 6) is -0.770. The van der Waals surface area contributed by atoms with Crippen LogP contribution in [0.25, 0.3) is 0 Å². The van der Waals surface area contributed by atoms with Crippen molar-refractivity contribution in [2.75, 3.05) is 11.4 Å². The van der Waals surface area contributed by atoms with Gasteiger partial charge in [-0.1, -0.05) is 18.2 Å². The van der Waals surface area contributed by atoms with Crippen LogP contribution in [0, 0.1) is 5.82 Å². The van der Waals surface area contributed by atoms with Crippen molar-refractivity contribution in [2.45, 2.75) is 6.42 Å². The summed E-state index contributed by atoms with van der Waals surface area (Å²) >= 11 is 0. The van der Waals surface area contributed by atoms with Crippen LogP contribution in [0.1, 0.15) is 27.1 Å². The molecule has 1 aliphatic rings. The Morgan fingerprint density at radius 1 is 1.10 bits per heavy atom. The van der Waals surface area contributed by atoms with Crippen molar-refractivity contribution < 1.29 is 14.0 Å². The van der Waals surface area contributed by atoms with Crippen molar-refractivity contribution in [1.82, 2.24) is 0 Å². The number of rotatable bonds is 1. The van der Waals surface area contributed by atoms with E-state index < -0.39 is 5.82 Å². The minimum Gasteiger partial charge on any atom is -0.307 e. The quantitative estimate of drug-likeness (QED) is 0.798. The molecule has 0 unspecified atom stereocenters. The van der Waals surface area contributed by atoms with E-state index in [1.54, 1.807) is 24.3 Å². The highest BCUT2D eigenvalue weighted by Crippen LogP contribution is 2.29. The second kappa shape index (κ2) is 4.89. The monoisotopic (exact) mass is 269 g/mol. The molecular weight excluding hydrogens is 257 g/mol. The summed E-state index contributed by atoms with van der Waals surface area (Å²) in [4.78, 5) is 25.8. The third kappa shape index (κ3) is 2.09. The highest BCUT2D eigenvalue weighted by atomic mass is 19.1. The van der Waals surface area contributed by atoms with E-state index in [4.69, 9.17) is 0 Å². The normalized spacial score (nSPS) is 14.1. The number of anilines is 1. The predicted octanol–water partition coefficient (Wildman–Crippen LogP) is 3.06. The smallest absolute Gasteiger partial charge is 0.258 e. The largest absolute Gasteiger partial charge is 0.307 e. The molecule has 0 saturated carbocycles. The van der Waals surface area contributed by atoms with Gasteiger partial charge in [-0.2, -0.15) is 0 Å². The SMILES string of the molecule is O=C1CCN(C(=O)c2ccccc2)c2ccc(F)cc21. The molecule has 0 bridgehead atoms.